The second-order valence-corrected chi connectivity index (χ2v) is 9.18. The second-order valence-electron chi connectivity index (χ2n) is 7.52. The smallest absolute Gasteiger partial charge is 0.260 e. The summed E-state index contributed by atoms with van der Waals surface area (Å²) in [5, 5.41) is 0. The fourth-order valence-electron chi connectivity index (χ4n) is 2.52. The lowest BCUT2D eigenvalue weighted by Gasteiger charge is -2.22. The van der Waals surface area contributed by atoms with E-state index in [4.69, 9.17) is 8.92 Å². The highest BCUT2D eigenvalue weighted by atomic mass is 32.2. The van der Waals surface area contributed by atoms with Crippen molar-refractivity contribution in [3.8, 4) is 11.5 Å². The van der Waals surface area contributed by atoms with Gasteiger partial charge < -0.3 is 8.92 Å². The van der Waals surface area contributed by atoms with Gasteiger partial charge in [0.2, 0.25) is 11.1 Å². The van der Waals surface area contributed by atoms with E-state index in [0.717, 1.165) is 11.1 Å². The molecule has 1 unspecified atom stereocenters. The molecule has 3 aromatic rings. The molecule has 0 radical (unpaired) electrons. The van der Waals surface area contributed by atoms with Gasteiger partial charge in [0.1, 0.15) is 18.1 Å². The lowest BCUT2D eigenvalue weighted by atomic mass is 10.2. The zero-order chi connectivity index (χ0) is 22.3. The third-order valence-corrected chi connectivity index (χ3v) is 5.94. The van der Waals surface area contributed by atoms with Crippen LogP contribution in [0.1, 0.15) is 25.0 Å². The summed E-state index contributed by atoms with van der Waals surface area (Å²) in [7, 11) is 0. The summed E-state index contributed by atoms with van der Waals surface area (Å²) in [6.45, 7) is 5.56. The largest absolute Gasteiger partial charge is 0.489 e. The number of nitrogens with one attached hydrogen (secondary N) is 2. The second kappa shape index (κ2) is 10.1. The summed E-state index contributed by atoms with van der Waals surface area (Å²) >= 11 is -1.87. The number of rotatable bonds is 9. The molecule has 162 valence electrons. The Bertz CT molecular complexity index is 1020. The maximum Gasteiger partial charge on any atom is 0.260 e. The first kappa shape index (κ1) is 22.4. The third kappa shape index (κ3) is 6.33. The number of aryl methyl sites for hydroxylation is 1. The Hall–Kier alpha value is -3.32. The number of carbonyl (C=O) groups is 1. The molecule has 0 aliphatic rings. The summed E-state index contributed by atoms with van der Waals surface area (Å²) < 4.78 is 22.5. The van der Waals surface area contributed by atoms with Crippen LogP contribution >= 0.6 is 0 Å². The molecule has 3 aromatic carbocycles. The molecule has 0 fully saturated rings. The molecule has 0 aliphatic heterocycles. The molecule has 0 aromatic heterocycles. The van der Waals surface area contributed by atoms with Crippen molar-refractivity contribution < 1.29 is 17.9 Å². The van der Waals surface area contributed by atoms with Gasteiger partial charge in [-0.25, -0.2) is 4.21 Å². The lowest BCUT2D eigenvalue weighted by Crippen LogP contribution is -2.48. The maximum absolute atomic E-state index is 12.6. The minimum atomic E-state index is -1.87. The van der Waals surface area contributed by atoms with Gasteiger partial charge in [0.05, 0.1) is 5.69 Å². The standard InChI is InChI=1S/C24H26N2O4S/c1-18-9-13-22(14-10-18)30-31(28)24(2,3)23(27)26-25-20-11-15-21(16-12-20)29-17-19-7-5-4-6-8-19/h4-16,25H,17H2,1-3H3,(H,26,27). The highest BCUT2D eigenvalue weighted by molar-refractivity contribution is 7.82. The fourth-order valence-corrected chi connectivity index (χ4v) is 3.21. The molecule has 0 heterocycles. The Morgan fingerprint density at radius 2 is 1.52 bits per heavy atom. The minimum Gasteiger partial charge on any atom is -0.489 e. The SMILES string of the molecule is Cc1ccc(OS(=O)C(C)(C)C(=O)NNc2ccc(OCc3ccccc3)cc2)cc1. The van der Waals surface area contributed by atoms with Gasteiger partial charge >= 0.3 is 0 Å². The van der Waals surface area contributed by atoms with Crippen LogP contribution in [-0.4, -0.2) is 14.9 Å². The Morgan fingerprint density at radius 3 is 2.16 bits per heavy atom. The molecule has 2 N–H and O–H groups in total. The Labute approximate surface area is 185 Å². The van der Waals surface area contributed by atoms with Crippen molar-refractivity contribution in [1.82, 2.24) is 5.43 Å². The van der Waals surface area contributed by atoms with Gasteiger partial charge in [-0.1, -0.05) is 48.0 Å². The van der Waals surface area contributed by atoms with E-state index >= 15 is 0 Å². The maximum atomic E-state index is 12.6. The number of hydrazine groups is 1. The van der Waals surface area contributed by atoms with Crippen LogP contribution < -0.4 is 19.8 Å². The van der Waals surface area contributed by atoms with Crippen molar-refractivity contribution in [3.63, 3.8) is 0 Å². The summed E-state index contributed by atoms with van der Waals surface area (Å²) in [6.07, 6.45) is 0. The molecule has 6 nitrogen and oxygen atoms in total. The third-order valence-electron chi connectivity index (χ3n) is 4.58. The van der Waals surface area contributed by atoms with Crippen LogP contribution in [0, 0.1) is 6.92 Å². The number of benzene rings is 3. The van der Waals surface area contributed by atoms with Gasteiger partial charge in [0, 0.05) is 0 Å². The van der Waals surface area contributed by atoms with E-state index in [1.165, 1.54) is 0 Å². The van der Waals surface area contributed by atoms with Crippen LogP contribution in [0.4, 0.5) is 5.69 Å². The van der Waals surface area contributed by atoms with Gasteiger partial charge in [-0.3, -0.25) is 15.6 Å². The van der Waals surface area contributed by atoms with E-state index in [1.54, 1.807) is 50.2 Å². The van der Waals surface area contributed by atoms with Crippen LogP contribution in [-0.2, 0) is 22.5 Å². The first-order valence-electron chi connectivity index (χ1n) is 9.85. The van der Waals surface area contributed by atoms with Gasteiger partial charge in [-0.05, 0) is 62.7 Å². The normalized spacial score (nSPS) is 12.0. The van der Waals surface area contributed by atoms with Crippen molar-refractivity contribution in [2.45, 2.75) is 32.1 Å². The molecule has 0 saturated carbocycles. The van der Waals surface area contributed by atoms with E-state index in [-0.39, 0.29) is 0 Å². The predicted molar refractivity (Wildman–Crippen MR) is 123 cm³/mol. The van der Waals surface area contributed by atoms with Gasteiger partial charge in [-0.15, -0.1) is 0 Å². The molecular formula is C24H26N2O4S. The van der Waals surface area contributed by atoms with E-state index in [9.17, 15) is 9.00 Å². The van der Waals surface area contributed by atoms with Crippen molar-refractivity contribution in [2.75, 3.05) is 5.43 Å². The summed E-state index contributed by atoms with van der Waals surface area (Å²) in [5.41, 5.74) is 8.24. The lowest BCUT2D eigenvalue weighted by molar-refractivity contribution is -0.122. The minimum absolute atomic E-state index is 0.448. The van der Waals surface area contributed by atoms with Crippen molar-refractivity contribution in [2.24, 2.45) is 0 Å². The van der Waals surface area contributed by atoms with E-state index in [1.807, 2.05) is 49.4 Å². The van der Waals surface area contributed by atoms with Crippen LogP contribution in [0.5, 0.6) is 11.5 Å². The number of amides is 1. The molecular weight excluding hydrogens is 412 g/mol. The molecule has 0 aliphatic carbocycles. The van der Waals surface area contributed by atoms with Crippen molar-refractivity contribution >= 4 is 22.7 Å². The number of hydrogen-bond acceptors (Lipinski definition) is 5. The monoisotopic (exact) mass is 438 g/mol. The number of hydrogen-bond donors (Lipinski definition) is 2. The van der Waals surface area contributed by atoms with Crippen LogP contribution in [0.25, 0.3) is 0 Å². The van der Waals surface area contributed by atoms with Crippen molar-refractivity contribution in [1.29, 1.82) is 0 Å². The molecule has 0 spiro atoms. The average molecular weight is 439 g/mol. The average Bonchev–Trinajstić information content (AvgIpc) is 2.79. The Morgan fingerprint density at radius 1 is 0.903 bits per heavy atom. The highest BCUT2D eigenvalue weighted by Crippen LogP contribution is 2.21. The van der Waals surface area contributed by atoms with Gasteiger partial charge in [0.25, 0.3) is 5.91 Å². The molecule has 1 atom stereocenters. The van der Waals surface area contributed by atoms with E-state index < -0.39 is 21.7 Å². The van der Waals surface area contributed by atoms with E-state index in [2.05, 4.69) is 10.9 Å². The first-order valence-corrected chi connectivity index (χ1v) is 10.9. The van der Waals surface area contributed by atoms with E-state index in [0.29, 0.717) is 23.8 Å². The Kier molecular flexibility index (Phi) is 7.31. The highest BCUT2D eigenvalue weighted by Gasteiger charge is 2.37. The summed E-state index contributed by atoms with van der Waals surface area (Å²) in [4.78, 5) is 12.6. The topological polar surface area (TPSA) is 76.7 Å². The summed E-state index contributed by atoms with van der Waals surface area (Å²) in [6, 6.07) is 24.2. The number of anilines is 1. The predicted octanol–water partition coefficient (Wildman–Crippen LogP) is 4.54. The molecule has 31 heavy (non-hydrogen) atoms. The molecule has 7 heteroatoms. The molecule has 0 saturated heterocycles. The van der Waals surface area contributed by atoms with Crippen LogP contribution in [0.3, 0.4) is 0 Å². The molecule has 0 bridgehead atoms. The van der Waals surface area contributed by atoms with Crippen LogP contribution in [0.15, 0.2) is 78.9 Å². The molecule has 3 rings (SSSR count). The Balaban J connectivity index is 1.50. The molecule has 1 amide bonds. The zero-order valence-corrected chi connectivity index (χ0v) is 18.6. The zero-order valence-electron chi connectivity index (χ0n) is 17.8. The number of carbonyl (C=O) groups excluding carboxylic acids is 1. The first-order chi connectivity index (χ1) is 14.8. The number of ether oxygens (including phenoxy) is 1. The summed E-state index contributed by atoms with van der Waals surface area (Å²) in [5.74, 6) is 0.708. The fraction of sp³-hybridized carbons (Fsp3) is 0.208. The van der Waals surface area contributed by atoms with Crippen LogP contribution in [0.2, 0.25) is 0 Å². The quantitative estimate of drug-likeness (QED) is 0.480. The van der Waals surface area contributed by atoms with Crippen molar-refractivity contribution in [3.05, 3.63) is 90.0 Å². The van der Waals surface area contributed by atoms with Gasteiger partial charge in [0.15, 0.2) is 4.75 Å². The van der Waals surface area contributed by atoms with Gasteiger partial charge in [-0.2, -0.15) is 0 Å².